The number of amides is 2. The van der Waals surface area contributed by atoms with E-state index in [0.717, 1.165) is 25.2 Å². The van der Waals surface area contributed by atoms with Crippen LogP contribution in [0.15, 0.2) is 24.3 Å². The van der Waals surface area contributed by atoms with Gasteiger partial charge in [-0.3, -0.25) is 9.59 Å². The van der Waals surface area contributed by atoms with Crippen LogP contribution in [0.2, 0.25) is 0 Å². The summed E-state index contributed by atoms with van der Waals surface area (Å²) >= 11 is 0. The third kappa shape index (κ3) is 5.05. The van der Waals surface area contributed by atoms with Crippen LogP contribution in [0.4, 0.5) is 4.39 Å². The molecule has 0 aromatic heterocycles. The second-order valence-electron chi connectivity index (χ2n) is 7.65. The van der Waals surface area contributed by atoms with Crippen molar-refractivity contribution in [2.75, 3.05) is 13.1 Å². The zero-order valence-electron chi connectivity index (χ0n) is 15.4. The van der Waals surface area contributed by atoms with Gasteiger partial charge < -0.3 is 10.2 Å². The van der Waals surface area contributed by atoms with Gasteiger partial charge in [0, 0.05) is 25.6 Å². The van der Waals surface area contributed by atoms with Crippen LogP contribution in [0.5, 0.6) is 0 Å². The maximum absolute atomic E-state index is 13.7. The highest BCUT2D eigenvalue weighted by molar-refractivity contribution is 5.94. The summed E-state index contributed by atoms with van der Waals surface area (Å²) in [5.41, 5.74) is 0.0819. The first-order valence-electron chi connectivity index (χ1n) is 9.96. The molecular weight excluding hydrogens is 331 g/mol. The van der Waals surface area contributed by atoms with E-state index in [2.05, 4.69) is 5.32 Å². The van der Waals surface area contributed by atoms with Crippen molar-refractivity contribution in [1.82, 2.24) is 10.2 Å². The maximum atomic E-state index is 13.7. The van der Waals surface area contributed by atoms with Crippen LogP contribution in [0.1, 0.15) is 68.1 Å². The predicted molar refractivity (Wildman–Crippen MR) is 99.3 cm³/mol. The minimum atomic E-state index is -0.500. The van der Waals surface area contributed by atoms with Crippen molar-refractivity contribution >= 4 is 11.8 Å². The number of likely N-dealkylation sites (tertiary alicyclic amines) is 1. The predicted octanol–water partition coefficient (Wildman–Crippen LogP) is 3.91. The fraction of sp³-hybridized carbons (Fsp3) is 0.619. The molecule has 1 aromatic carbocycles. The fourth-order valence-electron chi connectivity index (χ4n) is 4.14. The summed E-state index contributed by atoms with van der Waals surface area (Å²) in [6.45, 7) is 1.34. The lowest BCUT2D eigenvalue weighted by molar-refractivity contribution is -0.132. The Morgan fingerprint density at radius 1 is 1.04 bits per heavy atom. The largest absolute Gasteiger partial charge is 0.349 e. The van der Waals surface area contributed by atoms with Crippen molar-refractivity contribution in [3.05, 3.63) is 35.6 Å². The van der Waals surface area contributed by atoms with Gasteiger partial charge in [0.25, 0.3) is 5.91 Å². The molecule has 1 saturated carbocycles. The normalized spacial score (nSPS) is 19.3. The van der Waals surface area contributed by atoms with E-state index in [1.807, 2.05) is 4.90 Å². The molecule has 2 fully saturated rings. The van der Waals surface area contributed by atoms with Crippen LogP contribution in [0.3, 0.4) is 0 Å². The third-order valence-electron chi connectivity index (χ3n) is 5.79. The van der Waals surface area contributed by atoms with E-state index in [1.54, 1.807) is 12.1 Å². The number of benzene rings is 1. The minimum Gasteiger partial charge on any atom is -0.349 e. The summed E-state index contributed by atoms with van der Waals surface area (Å²) in [5.74, 6) is 0.102. The maximum Gasteiger partial charge on any atom is 0.254 e. The third-order valence-corrected chi connectivity index (χ3v) is 5.79. The molecule has 1 N–H and O–H groups in total. The number of carbonyl (C=O) groups excluding carboxylic acids is 2. The monoisotopic (exact) mass is 360 g/mol. The lowest BCUT2D eigenvalue weighted by atomic mass is 9.86. The smallest absolute Gasteiger partial charge is 0.254 e. The molecule has 2 amide bonds. The highest BCUT2D eigenvalue weighted by Gasteiger charge is 2.25. The fourth-order valence-corrected chi connectivity index (χ4v) is 4.14. The Morgan fingerprint density at radius 3 is 2.42 bits per heavy atom. The van der Waals surface area contributed by atoms with Crippen molar-refractivity contribution < 1.29 is 14.0 Å². The summed E-state index contributed by atoms with van der Waals surface area (Å²) in [7, 11) is 0. The number of hydrogen-bond donors (Lipinski definition) is 1. The first-order chi connectivity index (χ1) is 12.6. The molecule has 142 valence electrons. The van der Waals surface area contributed by atoms with Crippen molar-refractivity contribution in [3.8, 4) is 0 Å². The van der Waals surface area contributed by atoms with E-state index in [9.17, 15) is 14.0 Å². The Kier molecular flexibility index (Phi) is 6.64. The molecule has 0 spiro atoms. The number of halogens is 1. The average molecular weight is 360 g/mol. The standard InChI is InChI=1S/C21H29FN2O2/c22-19-9-5-4-8-18(19)21(26)23-17-12-14-24(15-13-17)20(25)11-10-16-6-2-1-3-7-16/h4-5,8-9,16-17H,1-3,6-7,10-15H2,(H,23,26). The van der Waals surface area contributed by atoms with Gasteiger partial charge in [0.05, 0.1) is 5.56 Å². The molecule has 0 unspecified atom stereocenters. The molecule has 1 aliphatic heterocycles. The van der Waals surface area contributed by atoms with E-state index < -0.39 is 5.82 Å². The number of nitrogens with one attached hydrogen (secondary N) is 1. The molecular formula is C21H29FN2O2. The number of nitrogens with zero attached hydrogens (tertiary/aromatic N) is 1. The van der Waals surface area contributed by atoms with Gasteiger partial charge in [0.1, 0.15) is 5.82 Å². The Labute approximate surface area is 155 Å². The second kappa shape index (κ2) is 9.15. The SMILES string of the molecule is O=C(NC1CCN(C(=O)CCC2CCCCC2)CC1)c1ccccc1F. The lowest BCUT2D eigenvalue weighted by Crippen LogP contribution is -2.46. The topological polar surface area (TPSA) is 49.4 Å². The van der Waals surface area contributed by atoms with E-state index in [0.29, 0.717) is 19.5 Å². The van der Waals surface area contributed by atoms with Crippen molar-refractivity contribution in [2.45, 2.75) is 63.8 Å². The van der Waals surface area contributed by atoms with Crippen molar-refractivity contribution in [2.24, 2.45) is 5.92 Å². The van der Waals surface area contributed by atoms with Gasteiger partial charge in [-0.2, -0.15) is 0 Å². The van der Waals surface area contributed by atoms with Crippen molar-refractivity contribution in [1.29, 1.82) is 0 Å². The van der Waals surface area contributed by atoms with Gasteiger partial charge in [0.2, 0.25) is 5.91 Å². The summed E-state index contributed by atoms with van der Waals surface area (Å²) < 4.78 is 13.7. The molecule has 2 aliphatic rings. The van der Waals surface area contributed by atoms with Gasteiger partial charge >= 0.3 is 0 Å². The van der Waals surface area contributed by atoms with E-state index in [1.165, 1.54) is 44.2 Å². The quantitative estimate of drug-likeness (QED) is 0.865. The van der Waals surface area contributed by atoms with Gasteiger partial charge in [-0.25, -0.2) is 4.39 Å². The summed E-state index contributed by atoms with van der Waals surface area (Å²) in [5, 5.41) is 2.90. The molecule has 1 saturated heterocycles. The Balaban J connectivity index is 1.40. The van der Waals surface area contributed by atoms with E-state index in [4.69, 9.17) is 0 Å². The van der Waals surface area contributed by atoms with E-state index >= 15 is 0 Å². The van der Waals surface area contributed by atoms with E-state index in [-0.39, 0.29) is 23.4 Å². The number of piperidine rings is 1. The van der Waals surface area contributed by atoms with Gasteiger partial charge in [-0.05, 0) is 37.3 Å². The molecule has 1 aromatic rings. The van der Waals surface area contributed by atoms with Gasteiger partial charge in [-0.1, -0.05) is 44.2 Å². The first-order valence-corrected chi connectivity index (χ1v) is 9.96. The summed E-state index contributed by atoms with van der Waals surface area (Å²) in [6, 6.07) is 6.02. The zero-order valence-corrected chi connectivity index (χ0v) is 15.4. The first kappa shape index (κ1) is 18.9. The molecule has 3 rings (SSSR count). The molecule has 5 heteroatoms. The molecule has 0 radical (unpaired) electrons. The number of hydrogen-bond acceptors (Lipinski definition) is 2. The second-order valence-corrected chi connectivity index (χ2v) is 7.65. The molecule has 0 bridgehead atoms. The molecule has 4 nitrogen and oxygen atoms in total. The zero-order chi connectivity index (χ0) is 18.4. The number of rotatable bonds is 5. The summed E-state index contributed by atoms with van der Waals surface area (Å²) in [4.78, 5) is 26.5. The van der Waals surface area contributed by atoms with Crippen LogP contribution in [-0.2, 0) is 4.79 Å². The van der Waals surface area contributed by atoms with Crippen LogP contribution < -0.4 is 5.32 Å². The Hall–Kier alpha value is -1.91. The molecule has 1 heterocycles. The molecule has 0 atom stereocenters. The molecule has 26 heavy (non-hydrogen) atoms. The minimum absolute atomic E-state index is 0.00417. The number of carbonyl (C=O) groups is 2. The lowest BCUT2D eigenvalue weighted by Gasteiger charge is -2.33. The van der Waals surface area contributed by atoms with Gasteiger partial charge in [0.15, 0.2) is 0 Å². The van der Waals surface area contributed by atoms with Crippen LogP contribution in [0, 0.1) is 11.7 Å². The van der Waals surface area contributed by atoms with Crippen LogP contribution in [-0.4, -0.2) is 35.8 Å². The highest BCUT2D eigenvalue weighted by atomic mass is 19.1. The Morgan fingerprint density at radius 2 is 1.73 bits per heavy atom. The van der Waals surface area contributed by atoms with Crippen LogP contribution in [0.25, 0.3) is 0 Å². The van der Waals surface area contributed by atoms with Crippen molar-refractivity contribution in [3.63, 3.8) is 0 Å². The van der Waals surface area contributed by atoms with Crippen LogP contribution >= 0.6 is 0 Å². The Bertz CT molecular complexity index is 620. The summed E-state index contributed by atoms with van der Waals surface area (Å²) in [6.07, 6.45) is 9.65. The highest BCUT2D eigenvalue weighted by Crippen LogP contribution is 2.27. The molecule has 1 aliphatic carbocycles. The average Bonchev–Trinajstić information content (AvgIpc) is 2.68. The van der Waals surface area contributed by atoms with Gasteiger partial charge in [-0.15, -0.1) is 0 Å².